The standard InChI is InChI=1S/C15H17N3/c1-12(17)8-13-6-7-18(10-13)11-15-5-3-2-4-14(15)9-16/h2-7,10,12H,8,11,17H2,1H3. The fraction of sp³-hybridized carbons (Fsp3) is 0.267. The van der Waals surface area contributed by atoms with Crippen LogP contribution in [0, 0.1) is 11.3 Å². The molecule has 0 saturated carbocycles. The van der Waals surface area contributed by atoms with Crippen molar-refractivity contribution in [2.45, 2.75) is 25.9 Å². The van der Waals surface area contributed by atoms with E-state index in [4.69, 9.17) is 11.0 Å². The van der Waals surface area contributed by atoms with Gasteiger partial charge >= 0.3 is 0 Å². The zero-order valence-corrected chi connectivity index (χ0v) is 10.5. The Kier molecular flexibility index (Phi) is 3.81. The molecule has 18 heavy (non-hydrogen) atoms. The SMILES string of the molecule is CC(N)Cc1ccn(Cc2ccccc2C#N)c1. The number of nitrogens with two attached hydrogens (primary N) is 1. The largest absolute Gasteiger partial charge is 0.350 e. The number of nitrogens with zero attached hydrogens (tertiary/aromatic N) is 2. The predicted molar refractivity (Wildman–Crippen MR) is 72.0 cm³/mol. The summed E-state index contributed by atoms with van der Waals surface area (Å²) in [6, 6.07) is 12.2. The van der Waals surface area contributed by atoms with Gasteiger partial charge in [0, 0.05) is 25.0 Å². The number of rotatable bonds is 4. The maximum atomic E-state index is 9.04. The van der Waals surface area contributed by atoms with Crippen LogP contribution >= 0.6 is 0 Å². The molecule has 1 heterocycles. The van der Waals surface area contributed by atoms with Crippen molar-refractivity contribution in [3.8, 4) is 6.07 Å². The van der Waals surface area contributed by atoms with Crippen molar-refractivity contribution in [1.82, 2.24) is 4.57 Å². The molecule has 1 aromatic heterocycles. The van der Waals surface area contributed by atoms with Crippen LogP contribution in [0.25, 0.3) is 0 Å². The second-order valence-corrected chi connectivity index (χ2v) is 4.64. The van der Waals surface area contributed by atoms with E-state index in [1.165, 1.54) is 5.56 Å². The normalized spacial score (nSPS) is 12.1. The monoisotopic (exact) mass is 239 g/mol. The first-order valence-electron chi connectivity index (χ1n) is 6.07. The Bertz CT molecular complexity index is 561. The number of hydrogen-bond acceptors (Lipinski definition) is 2. The van der Waals surface area contributed by atoms with Crippen molar-refractivity contribution in [2.75, 3.05) is 0 Å². The molecule has 0 fully saturated rings. The van der Waals surface area contributed by atoms with Gasteiger partial charge in [-0.05, 0) is 36.6 Å². The molecular formula is C15H17N3. The lowest BCUT2D eigenvalue weighted by atomic mass is 10.1. The third-order valence-electron chi connectivity index (χ3n) is 2.86. The molecule has 0 spiro atoms. The molecule has 0 radical (unpaired) electrons. The van der Waals surface area contributed by atoms with Crippen molar-refractivity contribution in [2.24, 2.45) is 5.73 Å². The Balaban J connectivity index is 2.14. The zero-order chi connectivity index (χ0) is 13.0. The van der Waals surface area contributed by atoms with Gasteiger partial charge in [0.2, 0.25) is 0 Å². The van der Waals surface area contributed by atoms with Gasteiger partial charge < -0.3 is 10.3 Å². The highest BCUT2D eigenvalue weighted by Gasteiger charge is 2.04. The molecule has 0 bridgehead atoms. The lowest BCUT2D eigenvalue weighted by molar-refractivity contribution is 0.731. The molecule has 0 aliphatic rings. The summed E-state index contributed by atoms with van der Waals surface area (Å²) in [5, 5.41) is 9.04. The summed E-state index contributed by atoms with van der Waals surface area (Å²) in [6.07, 6.45) is 5.01. The average Bonchev–Trinajstić information content (AvgIpc) is 2.76. The zero-order valence-electron chi connectivity index (χ0n) is 10.5. The number of benzene rings is 1. The molecule has 0 saturated heterocycles. The maximum absolute atomic E-state index is 9.04. The topological polar surface area (TPSA) is 54.7 Å². The summed E-state index contributed by atoms with van der Waals surface area (Å²) >= 11 is 0. The highest BCUT2D eigenvalue weighted by molar-refractivity contribution is 5.37. The molecule has 1 aromatic carbocycles. The molecule has 0 aliphatic carbocycles. The Hall–Kier alpha value is -2.05. The van der Waals surface area contributed by atoms with Crippen molar-refractivity contribution < 1.29 is 0 Å². The van der Waals surface area contributed by atoms with Crippen molar-refractivity contribution >= 4 is 0 Å². The highest BCUT2D eigenvalue weighted by Crippen LogP contribution is 2.11. The second kappa shape index (κ2) is 5.52. The highest BCUT2D eigenvalue weighted by atomic mass is 14.9. The first-order valence-corrected chi connectivity index (χ1v) is 6.07. The summed E-state index contributed by atoms with van der Waals surface area (Å²) in [5.74, 6) is 0. The third-order valence-corrected chi connectivity index (χ3v) is 2.86. The van der Waals surface area contributed by atoms with E-state index in [1.807, 2.05) is 37.4 Å². The molecule has 1 unspecified atom stereocenters. The van der Waals surface area contributed by atoms with Crippen LogP contribution in [0.2, 0.25) is 0 Å². The Morgan fingerprint density at radius 3 is 2.83 bits per heavy atom. The summed E-state index contributed by atoms with van der Waals surface area (Å²) in [5.41, 5.74) is 8.80. The lowest BCUT2D eigenvalue weighted by Gasteiger charge is -2.05. The minimum atomic E-state index is 0.173. The number of nitriles is 1. The van der Waals surface area contributed by atoms with Crippen LogP contribution in [0.4, 0.5) is 0 Å². The Morgan fingerprint density at radius 1 is 1.33 bits per heavy atom. The lowest BCUT2D eigenvalue weighted by Crippen LogP contribution is -2.17. The van der Waals surface area contributed by atoms with E-state index in [2.05, 4.69) is 22.9 Å². The molecule has 3 nitrogen and oxygen atoms in total. The molecule has 3 heteroatoms. The van der Waals surface area contributed by atoms with E-state index in [1.54, 1.807) is 0 Å². The molecular weight excluding hydrogens is 222 g/mol. The van der Waals surface area contributed by atoms with E-state index in [9.17, 15) is 0 Å². The quantitative estimate of drug-likeness (QED) is 0.890. The minimum Gasteiger partial charge on any atom is -0.350 e. The smallest absolute Gasteiger partial charge is 0.0995 e. The van der Waals surface area contributed by atoms with E-state index in [0.29, 0.717) is 0 Å². The first kappa shape index (κ1) is 12.4. The van der Waals surface area contributed by atoms with Gasteiger partial charge in [-0.25, -0.2) is 0 Å². The van der Waals surface area contributed by atoms with Gasteiger partial charge in [-0.3, -0.25) is 0 Å². The van der Waals surface area contributed by atoms with Gasteiger partial charge in [-0.1, -0.05) is 18.2 Å². The van der Waals surface area contributed by atoms with Gasteiger partial charge in [0.25, 0.3) is 0 Å². The van der Waals surface area contributed by atoms with Crippen LogP contribution in [-0.2, 0) is 13.0 Å². The summed E-state index contributed by atoms with van der Waals surface area (Å²) in [6.45, 7) is 2.73. The average molecular weight is 239 g/mol. The molecule has 0 aliphatic heterocycles. The third kappa shape index (κ3) is 2.99. The number of aromatic nitrogens is 1. The van der Waals surface area contributed by atoms with Crippen molar-refractivity contribution in [1.29, 1.82) is 5.26 Å². The van der Waals surface area contributed by atoms with Gasteiger partial charge in [0.05, 0.1) is 11.6 Å². The molecule has 0 amide bonds. The Labute approximate surface area is 107 Å². The van der Waals surface area contributed by atoms with Crippen LogP contribution in [0.15, 0.2) is 42.7 Å². The molecule has 1 atom stereocenters. The van der Waals surface area contributed by atoms with Gasteiger partial charge in [0.1, 0.15) is 0 Å². The van der Waals surface area contributed by atoms with Crippen molar-refractivity contribution in [3.05, 3.63) is 59.4 Å². The predicted octanol–water partition coefficient (Wildman–Crippen LogP) is 2.30. The minimum absolute atomic E-state index is 0.173. The fourth-order valence-electron chi connectivity index (χ4n) is 2.05. The molecule has 2 aromatic rings. The van der Waals surface area contributed by atoms with Gasteiger partial charge in [-0.15, -0.1) is 0 Å². The molecule has 92 valence electrons. The second-order valence-electron chi connectivity index (χ2n) is 4.64. The maximum Gasteiger partial charge on any atom is 0.0995 e. The first-order chi connectivity index (χ1) is 8.69. The van der Waals surface area contributed by atoms with Crippen LogP contribution in [0.1, 0.15) is 23.6 Å². The van der Waals surface area contributed by atoms with E-state index >= 15 is 0 Å². The Morgan fingerprint density at radius 2 is 2.11 bits per heavy atom. The van der Waals surface area contributed by atoms with E-state index in [-0.39, 0.29) is 6.04 Å². The van der Waals surface area contributed by atoms with Crippen molar-refractivity contribution in [3.63, 3.8) is 0 Å². The van der Waals surface area contributed by atoms with E-state index < -0.39 is 0 Å². The fourth-order valence-corrected chi connectivity index (χ4v) is 2.05. The van der Waals surface area contributed by atoms with Gasteiger partial charge in [-0.2, -0.15) is 5.26 Å². The van der Waals surface area contributed by atoms with Crippen LogP contribution < -0.4 is 5.73 Å². The summed E-state index contributed by atoms with van der Waals surface area (Å²) < 4.78 is 2.09. The van der Waals surface area contributed by atoms with Crippen LogP contribution in [0.5, 0.6) is 0 Å². The molecule has 2 N–H and O–H groups in total. The van der Waals surface area contributed by atoms with Gasteiger partial charge in [0.15, 0.2) is 0 Å². The van der Waals surface area contributed by atoms with Crippen LogP contribution in [0.3, 0.4) is 0 Å². The molecule has 2 rings (SSSR count). The summed E-state index contributed by atoms with van der Waals surface area (Å²) in [7, 11) is 0. The van der Waals surface area contributed by atoms with E-state index in [0.717, 1.165) is 24.1 Å². The number of hydrogen-bond donors (Lipinski definition) is 1. The summed E-state index contributed by atoms with van der Waals surface area (Å²) in [4.78, 5) is 0. The van der Waals surface area contributed by atoms with Crippen LogP contribution in [-0.4, -0.2) is 10.6 Å².